The number of aliphatic carboxylic acids is 1. The van der Waals surface area contributed by atoms with E-state index in [-0.39, 0.29) is 17.2 Å². The van der Waals surface area contributed by atoms with Gasteiger partial charge in [-0.2, -0.15) is 0 Å². The van der Waals surface area contributed by atoms with Crippen LogP contribution in [0.5, 0.6) is 0 Å². The molecule has 0 aromatic carbocycles. The Morgan fingerprint density at radius 3 is 2.65 bits per heavy atom. The molecule has 1 rings (SSSR count). The minimum absolute atomic E-state index is 0.112. The Morgan fingerprint density at radius 2 is 2.10 bits per heavy atom. The minimum Gasteiger partial charge on any atom is -0.481 e. The highest BCUT2D eigenvalue weighted by molar-refractivity contribution is 7.91. The Bertz CT molecular complexity index is 562. The van der Waals surface area contributed by atoms with Gasteiger partial charge in [0.15, 0.2) is 0 Å². The van der Waals surface area contributed by atoms with Gasteiger partial charge in [0.1, 0.15) is 4.21 Å². The zero-order valence-electron chi connectivity index (χ0n) is 11.7. The third kappa shape index (κ3) is 5.20. The Labute approximate surface area is 122 Å². The van der Waals surface area contributed by atoms with E-state index >= 15 is 0 Å². The average molecular weight is 321 g/mol. The van der Waals surface area contributed by atoms with Crippen molar-refractivity contribution >= 4 is 27.3 Å². The first-order chi connectivity index (χ1) is 9.16. The number of carboxylic acid groups (broad SMARTS) is 1. The summed E-state index contributed by atoms with van der Waals surface area (Å²) >= 11 is 0.960. The van der Waals surface area contributed by atoms with E-state index in [0.29, 0.717) is 11.5 Å². The fourth-order valence-electron chi connectivity index (χ4n) is 1.53. The van der Waals surface area contributed by atoms with Gasteiger partial charge in [-0.05, 0) is 32.9 Å². The summed E-state index contributed by atoms with van der Waals surface area (Å²) in [7, 11) is -3.63. The monoisotopic (exact) mass is 321 g/mol. The molecular formula is C12H19NO5S2. The largest absolute Gasteiger partial charge is 0.481 e. The summed E-state index contributed by atoms with van der Waals surface area (Å²) in [6, 6.07) is 2.93. The first-order valence-electron chi connectivity index (χ1n) is 6.10. The normalized spacial score (nSPS) is 12.6. The van der Waals surface area contributed by atoms with Crippen LogP contribution in [-0.4, -0.2) is 38.2 Å². The smallest absolute Gasteiger partial charge is 0.308 e. The van der Waals surface area contributed by atoms with Crippen LogP contribution in [0.2, 0.25) is 0 Å². The third-order valence-corrected chi connectivity index (χ3v) is 5.43. The maximum atomic E-state index is 12.1. The molecule has 0 aliphatic carbocycles. The third-order valence-electron chi connectivity index (χ3n) is 2.45. The lowest BCUT2D eigenvalue weighted by Gasteiger charge is -2.24. The van der Waals surface area contributed by atoms with Crippen molar-refractivity contribution < 1.29 is 23.1 Å². The molecule has 1 aromatic heterocycles. The Hall–Kier alpha value is -0.960. The van der Waals surface area contributed by atoms with Gasteiger partial charge in [-0.1, -0.05) is 0 Å². The fourth-order valence-corrected chi connectivity index (χ4v) is 4.12. The predicted molar refractivity (Wildman–Crippen MR) is 76.6 cm³/mol. The number of thiophene rings is 1. The topological polar surface area (TPSA) is 92.7 Å². The average Bonchev–Trinajstić information content (AvgIpc) is 2.75. The van der Waals surface area contributed by atoms with E-state index in [9.17, 15) is 13.2 Å². The number of hydrogen-bond donors (Lipinski definition) is 2. The van der Waals surface area contributed by atoms with E-state index in [1.165, 1.54) is 12.1 Å². The Morgan fingerprint density at radius 1 is 1.45 bits per heavy atom. The quantitative estimate of drug-likeness (QED) is 0.756. The minimum atomic E-state index is -3.63. The second-order valence-electron chi connectivity index (χ2n) is 4.81. The van der Waals surface area contributed by atoms with Gasteiger partial charge in [0, 0.05) is 18.0 Å². The first-order valence-corrected chi connectivity index (χ1v) is 8.40. The molecule has 8 heteroatoms. The maximum absolute atomic E-state index is 12.1. The summed E-state index contributed by atoms with van der Waals surface area (Å²) in [6.45, 7) is 6.08. The number of carbonyl (C=O) groups is 1. The molecule has 1 aromatic rings. The van der Waals surface area contributed by atoms with Crippen LogP contribution in [0.3, 0.4) is 0 Å². The molecule has 0 amide bonds. The van der Waals surface area contributed by atoms with Crippen molar-refractivity contribution in [1.29, 1.82) is 0 Å². The number of rotatable bonds is 8. The Balaban J connectivity index is 2.74. The molecule has 0 unspecified atom stereocenters. The highest BCUT2D eigenvalue weighted by Gasteiger charge is 2.23. The summed E-state index contributed by atoms with van der Waals surface area (Å²) in [5.41, 5.74) is -0.594. The van der Waals surface area contributed by atoms with E-state index in [0.717, 1.165) is 11.3 Å². The molecule has 0 atom stereocenters. The predicted octanol–water partition coefficient (Wildman–Crippen LogP) is 1.47. The van der Waals surface area contributed by atoms with Crippen molar-refractivity contribution in [3.63, 3.8) is 0 Å². The van der Waals surface area contributed by atoms with Crippen molar-refractivity contribution in [2.45, 2.75) is 37.0 Å². The summed E-state index contributed by atoms with van der Waals surface area (Å²) in [4.78, 5) is 11.1. The zero-order chi connectivity index (χ0) is 15.4. The molecule has 0 fully saturated rings. The maximum Gasteiger partial charge on any atom is 0.308 e. The van der Waals surface area contributed by atoms with Gasteiger partial charge in [0.25, 0.3) is 0 Å². The van der Waals surface area contributed by atoms with Crippen LogP contribution in [0.15, 0.2) is 16.3 Å². The molecule has 20 heavy (non-hydrogen) atoms. The first kappa shape index (κ1) is 17.1. The number of ether oxygens (including phenoxy) is 1. The lowest BCUT2D eigenvalue weighted by Crippen LogP contribution is -2.40. The molecule has 0 radical (unpaired) electrons. The van der Waals surface area contributed by atoms with E-state index in [2.05, 4.69) is 4.72 Å². The van der Waals surface area contributed by atoms with E-state index < -0.39 is 21.6 Å². The highest BCUT2D eigenvalue weighted by Crippen LogP contribution is 2.22. The van der Waals surface area contributed by atoms with Crippen LogP contribution in [0.25, 0.3) is 0 Å². The molecule has 0 saturated heterocycles. The standard InChI is InChI=1S/C12H19NO5S2/c1-4-18-12(2,3)8-13-20(16,17)11-6-5-9(19-11)7-10(14)15/h5-6,13H,4,7-8H2,1-3H3,(H,14,15). The summed E-state index contributed by atoms with van der Waals surface area (Å²) in [5, 5.41) is 8.67. The van der Waals surface area contributed by atoms with E-state index in [4.69, 9.17) is 9.84 Å². The molecule has 1 heterocycles. The SMILES string of the molecule is CCOC(C)(C)CNS(=O)(=O)c1ccc(CC(=O)O)s1. The van der Waals surface area contributed by atoms with Crippen molar-refractivity contribution in [1.82, 2.24) is 4.72 Å². The van der Waals surface area contributed by atoms with Gasteiger partial charge in [0.05, 0.1) is 12.0 Å². The van der Waals surface area contributed by atoms with Crippen LogP contribution in [0.4, 0.5) is 0 Å². The number of hydrogen-bond acceptors (Lipinski definition) is 5. The van der Waals surface area contributed by atoms with Crippen molar-refractivity contribution in [3.05, 3.63) is 17.0 Å². The molecule has 6 nitrogen and oxygen atoms in total. The second-order valence-corrected chi connectivity index (χ2v) is 7.97. The zero-order valence-corrected chi connectivity index (χ0v) is 13.3. The van der Waals surface area contributed by atoms with Crippen LogP contribution in [0, 0.1) is 0 Å². The summed E-state index contributed by atoms with van der Waals surface area (Å²) in [6.07, 6.45) is -0.176. The second kappa shape index (κ2) is 6.66. The lowest BCUT2D eigenvalue weighted by molar-refractivity contribution is -0.136. The molecule has 0 aliphatic rings. The molecule has 2 N–H and O–H groups in total. The number of carboxylic acids is 1. The highest BCUT2D eigenvalue weighted by atomic mass is 32.2. The Kier molecular flexibility index (Phi) is 5.69. The van der Waals surface area contributed by atoms with Gasteiger partial charge < -0.3 is 9.84 Å². The van der Waals surface area contributed by atoms with Crippen molar-refractivity contribution in [2.75, 3.05) is 13.2 Å². The van der Waals surface area contributed by atoms with Gasteiger partial charge in [-0.3, -0.25) is 4.79 Å². The van der Waals surface area contributed by atoms with Crippen molar-refractivity contribution in [2.24, 2.45) is 0 Å². The van der Waals surface area contributed by atoms with Crippen LogP contribution in [0.1, 0.15) is 25.6 Å². The van der Waals surface area contributed by atoms with Gasteiger partial charge in [-0.15, -0.1) is 11.3 Å². The van der Waals surface area contributed by atoms with Gasteiger partial charge >= 0.3 is 5.97 Å². The summed E-state index contributed by atoms with van der Waals surface area (Å²) in [5.74, 6) is -0.985. The van der Waals surface area contributed by atoms with Crippen LogP contribution in [-0.2, 0) is 26.0 Å². The van der Waals surface area contributed by atoms with E-state index in [1.807, 2.05) is 6.92 Å². The van der Waals surface area contributed by atoms with Gasteiger partial charge in [0.2, 0.25) is 10.0 Å². The summed E-state index contributed by atoms with van der Waals surface area (Å²) < 4.78 is 32.2. The van der Waals surface area contributed by atoms with Gasteiger partial charge in [-0.25, -0.2) is 13.1 Å². The van der Waals surface area contributed by atoms with Crippen LogP contribution < -0.4 is 4.72 Å². The number of nitrogens with one attached hydrogen (secondary N) is 1. The molecular weight excluding hydrogens is 302 g/mol. The molecule has 0 saturated carbocycles. The molecule has 114 valence electrons. The molecule has 0 aliphatic heterocycles. The van der Waals surface area contributed by atoms with Crippen molar-refractivity contribution in [3.8, 4) is 0 Å². The number of sulfonamides is 1. The molecule has 0 bridgehead atoms. The van der Waals surface area contributed by atoms with E-state index in [1.54, 1.807) is 13.8 Å². The van der Waals surface area contributed by atoms with Crippen LogP contribution >= 0.6 is 11.3 Å². The molecule has 0 spiro atoms. The fraction of sp³-hybridized carbons (Fsp3) is 0.583. The lowest BCUT2D eigenvalue weighted by atomic mass is 10.1.